The molecule has 0 bridgehead atoms. The largest absolute Gasteiger partial charge is 0.444 e. The number of ether oxygens (including phenoxy) is 2. The van der Waals surface area contributed by atoms with Crippen molar-refractivity contribution in [2.45, 2.75) is 58.3 Å². The van der Waals surface area contributed by atoms with Gasteiger partial charge in [-0.05, 0) is 46.6 Å². The van der Waals surface area contributed by atoms with Crippen LogP contribution in [-0.2, 0) is 9.47 Å². The van der Waals surface area contributed by atoms with Crippen LogP contribution in [0.25, 0.3) is 0 Å². The zero-order valence-corrected chi connectivity index (χ0v) is 21.3. The first-order valence-corrected chi connectivity index (χ1v) is 10.2. The summed E-state index contributed by atoms with van der Waals surface area (Å²) >= 11 is 0. The van der Waals surface area contributed by atoms with Crippen LogP contribution in [-0.4, -0.2) is 49.9 Å². The maximum absolute atomic E-state index is 12.0. The van der Waals surface area contributed by atoms with Gasteiger partial charge in [0.1, 0.15) is 5.60 Å². The molecule has 1 amide bonds. The van der Waals surface area contributed by atoms with Crippen LogP contribution >= 0.6 is 24.0 Å². The first-order valence-electron chi connectivity index (χ1n) is 10.2. The molecule has 0 aromatic heterocycles. The third-order valence-electron chi connectivity index (χ3n) is 4.63. The molecule has 0 radical (unpaired) electrons. The van der Waals surface area contributed by atoms with Gasteiger partial charge >= 0.3 is 6.09 Å². The summed E-state index contributed by atoms with van der Waals surface area (Å²) in [6.45, 7) is 11.5. The molecule has 2 rings (SSSR count). The Morgan fingerprint density at radius 2 is 1.83 bits per heavy atom. The molecule has 30 heavy (non-hydrogen) atoms. The zero-order valence-electron chi connectivity index (χ0n) is 19.0. The fourth-order valence-corrected chi connectivity index (χ4v) is 3.23. The fourth-order valence-electron chi connectivity index (χ4n) is 3.23. The quantitative estimate of drug-likeness (QED) is 0.295. The molecule has 2 atom stereocenters. The number of benzene rings is 1. The van der Waals surface area contributed by atoms with Gasteiger partial charge in [-0.1, -0.05) is 30.3 Å². The Morgan fingerprint density at radius 1 is 1.17 bits per heavy atom. The number of rotatable bonds is 6. The molecule has 1 aliphatic rings. The van der Waals surface area contributed by atoms with E-state index in [1.807, 2.05) is 52.8 Å². The van der Waals surface area contributed by atoms with Gasteiger partial charge in [-0.3, -0.25) is 4.99 Å². The Labute approximate surface area is 197 Å². The molecule has 8 heteroatoms. The third-order valence-corrected chi connectivity index (χ3v) is 4.63. The van der Waals surface area contributed by atoms with Gasteiger partial charge < -0.3 is 25.4 Å². The van der Waals surface area contributed by atoms with Crippen molar-refractivity contribution in [3.8, 4) is 0 Å². The van der Waals surface area contributed by atoms with Crippen molar-refractivity contribution in [2.75, 3.05) is 26.7 Å². The molecule has 1 aliphatic heterocycles. The van der Waals surface area contributed by atoms with E-state index in [2.05, 4.69) is 33.1 Å². The Kier molecular flexibility index (Phi) is 10.4. The normalized spacial score (nSPS) is 19.6. The third kappa shape index (κ3) is 9.07. The number of carbonyl (C=O) groups is 1. The highest BCUT2D eigenvalue weighted by atomic mass is 127. The molecule has 170 valence electrons. The lowest BCUT2D eigenvalue weighted by atomic mass is 9.95. The van der Waals surface area contributed by atoms with E-state index in [1.54, 1.807) is 7.05 Å². The van der Waals surface area contributed by atoms with Crippen molar-refractivity contribution in [1.29, 1.82) is 0 Å². The summed E-state index contributed by atoms with van der Waals surface area (Å²) in [5.74, 6) is 1.08. The number of aliphatic imine (C=N–C) groups is 1. The standard InChI is InChI=1S/C22H36N4O3.HI/c1-21(2,3)29-20(27)26-22(4,5)15-25-19(23-6)24-14-17-12-13-28-18(17)16-10-8-7-9-11-16;/h7-11,17-18H,12-15H2,1-6H3,(H,26,27)(H2,23,24,25);1H. The average Bonchev–Trinajstić information content (AvgIpc) is 3.09. The lowest BCUT2D eigenvalue weighted by Gasteiger charge is -2.29. The van der Waals surface area contributed by atoms with Crippen LogP contribution in [0.1, 0.15) is 52.7 Å². The number of carbonyl (C=O) groups excluding carboxylic acids is 1. The van der Waals surface area contributed by atoms with Crippen LogP contribution in [0.4, 0.5) is 4.79 Å². The van der Waals surface area contributed by atoms with Crippen LogP contribution in [0.15, 0.2) is 35.3 Å². The van der Waals surface area contributed by atoms with Gasteiger partial charge in [0, 0.05) is 32.7 Å². The number of nitrogens with one attached hydrogen (secondary N) is 3. The second-order valence-corrected chi connectivity index (χ2v) is 9.07. The van der Waals surface area contributed by atoms with Crippen LogP contribution in [0.3, 0.4) is 0 Å². The SMILES string of the molecule is CN=C(NCC1CCOC1c1ccccc1)NCC(C)(C)NC(=O)OC(C)(C)C.I. The van der Waals surface area contributed by atoms with E-state index in [0.717, 1.165) is 19.6 Å². The van der Waals surface area contributed by atoms with Crippen molar-refractivity contribution < 1.29 is 14.3 Å². The van der Waals surface area contributed by atoms with Crippen LogP contribution in [0.5, 0.6) is 0 Å². The number of halogens is 1. The number of nitrogens with zero attached hydrogens (tertiary/aromatic N) is 1. The minimum atomic E-state index is -0.524. The number of hydrogen-bond acceptors (Lipinski definition) is 4. The predicted octanol–water partition coefficient (Wildman–Crippen LogP) is 3.85. The molecule has 2 unspecified atom stereocenters. The minimum absolute atomic E-state index is 0. The second-order valence-electron chi connectivity index (χ2n) is 9.07. The number of amides is 1. The Morgan fingerprint density at radius 3 is 2.43 bits per heavy atom. The second kappa shape index (κ2) is 11.7. The highest BCUT2D eigenvalue weighted by Gasteiger charge is 2.30. The van der Waals surface area contributed by atoms with Crippen LogP contribution in [0, 0.1) is 5.92 Å². The summed E-state index contributed by atoms with van der Waals surface area (Å²) in [5, 5.41) is 9.57. The summed E-state index contributed by atoms with van der Waals surface area (Å²) in [7, 11) is 1.74. The summed E-state index contributed by atoms with van der Waals surface area (Å²) in [6, 6.07) is 10.3. The first-order chi connectivity index (χ1) is 13.6. The van der Waals surface area contributed by atoms with Gasteiger partial charge in [0.25, 0.3) is 0 Å². The van der Waals surface area contributed by atoms with E-state index >= 15 is 0 Å². The minimum Gasteiger partial charge on any atom is -0.444 e. The Bertz CT molecular complexity index is 689. The fraction of sp³-hybridized carbons (Fsp3) is 0.636. The zero-order chi connectivity index (χ0) is 21.5. The maximum atomic E-state index is 12.0. The highest BCUT2D eigenvalue weighted by Crippen LogP contribution is 2.33. The molecular formula is C22H37IN4O3. The highest BCUT2D eigenvalue weighted by molar-refractivity contribution is 14.0. The van der Waals surface area contributed by atoms with Crippen molar-refractivity contribution in [2.24, 2.45) is 10.9 Å². The molecular weight excluding hydrogens is 495 g/mol. The lowest BCUT2D eigenvalue weighted by molar-refractivity contribution is 0.0474. The van der Waals surface area contributed by atoms with Gasteiger partial charge in [-0.25, -0.2) is 4.79 Å². The van der Waals surface area contributed by atoms with Crippen molar-refractivity contribution in [3.63, 3.8) is 0 Å². The molecule has 7 nitrogen and oxygen atoms in total. The molecule has 0 aliphatic carbocycles. The van der Waals surface area contributed by atoms with Gasteiger partial charge in [0.15, 0.2) is 5.96 Å². The van der Waals surface area contributed by atoms with Crippen molar-refractivity contribution in [3.05, 3.63) is 35.9 Å². The number of alkyl carbamates (subject to hydrolysis) is 1. The van der Waals surface area contributed by atoms with Crippen LogP contribution < -0.4 is 16.0 Å². The van der Waals surface area contributed by atoms with Crippen LogP contribution in [0.2, 0.25) is 0 Å². The van der Waals surface area contributed by atoms with Gasteiger partial charge in [0.2, 0.25) is 0 Å². The van der Waals surface area contributed by atoms with E-state index in [9.17, 15) is 4.79 Å². The van der Waals surface area contributed by atoms with E-state index in [0.29, 0.717) is 18.4 Å². The Hall–Kier alpha value is -1.55. The summed E-state index contributed by atoms with van der Waals surface area (Å²) in [6.07, 6.45) is 0.683. The molecule has 1 aromatic rings. The Balaban J connectivity index is 0.00000450. The first kappa shape index (κ1) is 26.5. The molecule has 1 fully saturated rings. The lowest BCUT2D eigenvalue weighted by Crippen LogP contribution is -2.54. The predicted molar refractivity (Wildman–Crippen MR) is 131 cm³/mol. The van der Waals surface area contributed by atoms with Gasteiger partial charge in [0.05, 0.1) is 11.6 Å². The van der Waals surface area contributed by atoms with E-state index < -0.39 is 17.2 Å². The summed E-state index contributed by atoms with van der Waals surface area (Å²) in [4.78, 5) is 16.3. The molecule has 0 saturated carbocycles. The van der Waals surface area contributed by atoms with Gasteiger partial charge in [-0.15, -0.1) is 24.0 Å². The molecule has 3 N–H and O–H groups in total. The maximum Gasteiger partial charge on any atom is 0.408 e. The average molecular weight is 532 g/mol. The molecule has 1 heterocycles. The topological polar surface area (TPSA) is 84.0 Å². The van der Waals surface area contributed by atoms with E-state index in [1.165, 1.54) is 5.56 Å². The molecule has 1 aromatic carbocycles. The summed E-state index contributed by atoms with van der Waals surface area (Å²) in [5.41, 5.74) is 0.190. The van der Waals surface area contributed by atoms with Crippen molar-refractivity contribution in [1.82, 2.24) is 16.0 Å². The van der Waals surface area contributed by atoms with E-state index in [-0.39, 0.29) is 30.1 Å². The monoisotopic (exact) mass is 532 g/mol. The number of hydrogen-bond donors (Lipinski definition) is 3. The van der Waals surface area contributed by atoms with Crippen molar-refractivity contribution >= 4 is 36.0 Å². The smallest absolute Gasteiger partial charge is 0.408 e. The summed E-state index contributed by atoms with van der Waals surface area (Å²) < 4.78 is 11.3. The molecule has 0 spiro atoms. The van der Waals surface area contributed by atoms with Gasteiger partial charge in [-0.2, -0.15) is 0 Å². The molecule has 1 saturated heterocycles. The van der Waals surface area contributed by atoms with E-state index in [4.69, 9.17) is 9.47 Å². The number of guanidine groups is 1.